The van der Waals surface area contributed by atoms with Crippen molar-refractivity contribution in [1.29, 1.82) is 0 Å². The van der Waals surface area contributed by atoms with E-state index in [-0.39, 0.29) is 17.0 Å². The topological polar surface area (TPSA) is 67.2 Å². The molecule has 0 N–H and O–H groups in total. The summed E-state index contributed by atoms with van der Waals surface area (Å²) < 4.78 is 15.0. The first kappa shape index (κ1) is 20.5. The molecule has 0 bridgehead atoms. The lowest BCUT2D eigenvalue weighted by Crippen LogP contribution is -2.50. The molecule has 1 aromatic heterocycles. The first-order chi connectivity index (χ1) is 14.6. The minimum Gasteiger partial charge on any atom is -0.339 e. The van der Waals surface area contributed by atoms with E-state index >= 15 is 0 Å². The lowest BCUT2D eigenvalue weighted by molar-refractivity contribution is -0.132. The predicted octanol–water partition coefficient (Wildman–Crippen LogP) is 2.63. The Morgan fingerprint density at radius 3 is 2.60 bits per heavy atom. The van der Waals surface area contributed by atoms with E-state index in [0.29, 0.717) is 23.9 Å². The van der Waals surface area contributed by atoms with Gasteiger partial charge in [-0.15, -0.1) is 5.10 Å². The van der Waals surface area contributed by atoms with Gasteiger partial charge in [-0.2, -0.15) is 4.68 Å². The summed E-state index contributed by atoms with van der Waals surface area (Å²) in [6, 6.07) is 16.4. The van der Waals surface area contributed by atoms with Crippen LogP contribution in [0.4, 0.5) is 4.39 Å². The molecular formula is C21H23FN6OS. The third-order valence-electron chi connectivity index (χ3n) is 5.06. The van der Waals surface area contributed by atoms with Crippen molar-refractivity contribution in [3.63, 3.8) is 0 Å². The zero-order chi connectivity index (χ0) is 20.9. The molecule has 1 fully saturated rings. The van der Waals surface area contributed by atoms with Crippen LogP contribution in [0.25, 0.3) is 5.69 Å². The van der Waals surface area contributed by atoms with Crippen LogP contribution in [0, 0.1) is 5.82 Å². The Labute approximate surface area is 178 Å². The van der Waals surface area contributed by atoms with E-state index in [1.165, 1.54) is 34.1 Å². The third kappa shape index (κ3) is 4.85. The van der Waals surface area contributed by atoms with E-state index < -0.39 is 0 Å². The zero-order valence-electron chi connectivity index (χ0n) is 16.7. The average Bonchev–Trinajstić information content (AvgIpc) is 3.22. The van der Waals surface area contributed by atoms with Crippen LogP contribution in [0.2, 0.25) is 0 Å². The number of benzene rings is 2. The molecule has 2 heterocycles. The fraction of sp³-hybridized carbons (Fsp3) is 0.333. The van der Waals surface area contributed by atoms with Crippen LogP contribution in [0.1, 0.15) is 12.5 Å². The number of carbonyl (C=O) groups excluding carboxylic acids is 1. The average molecular weight is 427 g/mol. The van der Waals surface area contributed by atoms with Gasteiger partial charge in [0.2, 0.25) is 11.1 Å². The van der Waals surface area contributed by atoms with Crippen molar-refractivity contribution in [1.82, 2.24) is 30.0 Å². The molecule has 9 heteroatoms. The Morgan fingerprint density at radius 1 is 1.10 bits per heavy atom. The maximum absolute atomic E-state index is 13.5. The van der Waals surface area contributed by atoms with Crippen LogP contribution in [0.3, 0.4) is 0 Å². The molecule has 1 atom stereocenters. The Hall–Kier alpha value is -2.78. The number of rotatable bonds is 6. The molecule has 1 aliphatic heterocycles. The van der Waals surface area contributed by atoms with E-state index in [2.05, 4.69) is 32.6 Å². The van der Waals surface area contributed by atoms with Gasteiger partial charge in [0, 0.05) is 32.7 Å². The van der Waals surface area contributed by atoms with Gasteiger partial charge >= 0.3 is 0 Å². The maximum Gasteiger partial charge on any atom is 0.235 e. The van der Waals surface area contributed by atoms with Gasteiger partial charge in [-0.1, -0.05) is 48.2 Å². The summed E-state index contributed by atoms with van der Waals surface area (Å²) in [6.07, 6.45) is 0. The molecule has 1 amide bonds. The normalized spacial score (nSPS) is 15.9. The van der Waals surface area contributed by atoms with Gasteiger partial charge < -0.3 is 4.90 Å². The predicted molar refractivity (Wildman–Crippen MR) is 113 cm³/mol. The number of hydrogen-bond acceptors (Lipinski definition) is 6. The van der Waals surface area contributed by atoms with Gasteiger partial charge in [-0.05, 0) is 41.1 Å². The van der Waals surface area contributed by atoms with E-state index in [9.17, 15) is 9.18 Å². The molecule has 7 nitrogen and oxygen atoms in total. The minimum absolute atomic E-state index is 0.0631. The van der Waals surface area contributed by atoms with Crippen LogP contribution in [0.15, 0.2) is 59.8 Å². The molecule has 3 aromatic rings. The van der Waals surface area contributed by atoms with E-state index in [4.69, 9.17) is 0 Å². The highest BCUT2D eigenvalue weighted by molar-refractivity contribution is 8.00. The smallest absolute Gasteiger partial charge is 0.235 e. The van der Waals surface area contributed by atoms with Crippen molar-refractivity contribution in [3.05, 3.63) is 66.0 Å². The van der Waals surface area contributed by atoms with Crippen molar-refractivity contribution in [3.8, 4) is 5.69 Å². The molecule has 2 aromatic carbocycles. The molecule has 4 rings (SSSR count). The Bertz CT molecular complexity index is 990. The molecule has 0 spiro atoms. The van der Waals surface area contributed by atoms with Crippen LogP contribution in [-0.2, 0) is 11.3 Å². The summed E-state index contributed by atoms with van der Waals surface area (Å²) in [6.45, 7) is 5.85. The summed E-state index contributed by atoms with van der Waals surface area (Å²) in [5.41, 5.74) is 1.81. The number of halogens is 1. The highest BCUT2D eigenvalue weighted by atomic mass is 32.2. The van der Waals surface area contributed by atoms with E-state index in [1.54, 1.807) is 12.1 Å². The standard InChI is InChI=1S/C21H23FN6OS/c1-16(30-21-23-24-25-28(21)19-9-5-8-18(22)14-19)20(29)27-12-10-26(11-13-27)15-17-6-3-2-4-7-17/h2-9,14,16H,10-13,15H2,1H3/t16-/m1/s1. The van der Waals surface area contributed by atoms with Gasteiger partial charge in [0.15, 0.2) is 0 Å². The molecule has 0 unspecified atom stereocenters. The fourth-order valence-corrected chi connectivity index (χ4v) is 4.35. The molecule has 0 saturated carbocycles. The molecule has 0 aliphatic carbocycles. The van der Waals surface area contributed by atoms with Gasteiger partial charge in [0.05, 0.1) is 10.9 Å². The van der Waals surface area contributed by atoms with E-state index in [0.717, 1.165) is 19.6 Å². The second kappa shape index (κ2) is 9.36. The lowest BCUT2D eigenvalue weighted by atomic mass is 10.2. The molecule has 1 saturated heterocycles. The summed E-state index contributed by atoms with van der Waals surface area (Å²) in [7, 11) is 0. The molecule has 30 heavy (non-hydrogen) atoms. The number of tetrazole rings is 1. The van der Waals surface area contributed by atoms with Gasteiger partial charge in [-0.25, -0.2) is 4.39 Å². The number of amides is 1. The number of hydrogen-bond donors (Lipinski definition) is 0. The molecule has 1 aliphatic rings. The number of thioether (sulfide) groups is 1. The van der Waals surface area contributed by atoms with Gasteiger partial charge in [-0.3, -0.25) is 9.69 Å². The quantitative estimate of drug-likeness (QED) is 0.565. The first-order valence-electron chi connectivity index (χ1n) is 9.86. The second-order valence-corrected chi connectivity index (χ2v) is 8.51. The SMILES string of the molecule is C[C@@H](Sc1nnnn1-c1cccc(F)c1)C(=O)N1CCN(Cc2ccccc2)CC1. The number of nitrogens with zero attached hydrogens (tertiary/aromatic N) is 6. The first-order valence-corrected chi connectivity index (χ1v) is 10.7. The highest BCUT2D eigenvalue weighted by Crippen LogP contribution is 2.25. The molecular weight excluding hydrogens is 403 g/mol. The van der Waals surface area contributed by atoms with Crippen LogP contribution in [0.5, 0.6) is 0 Å². The lowest BCUT2D eigenvalue weighted by Gasteiger charge is -2.35. The van der Waals surface area contributed by atoms with E-state index in [1.807, 2.05) is 30.0 Å². The highest BCUT2D eigenvalue weighted by Gasteiger charge is 2.27. The molecule has 156 valence electrons. The van der Waals surface area contributed by atoms with Crippen LogP contribution < -0.4 is 0 Å². The third-order valence-corrected chi connectivity index (χ3v) is 6.08. The number of piperazine rings is 1. The number of carbonyl (C=O) groups is 1. The number of aromatic nitrogens is 4. The summed E-state index contributed by atoms with van der Waals surface area (Å²) >= 11 is 1.28. The summed E-state index contributed by atoms with van der Waals surface area (Å²) in [5, 5.41) is 11.8. The van der Waals surface area contributed by atoms with Gasteiger partial charge in [0.25, 0.3) is 0 Å². The van der Waals surface area contributed by atoms with Gasteiger partial charge in [0.1, 0.15) is 5.82 Å². The van der Waals surface area contributed by atoms with Crippen molar-refractivity contribution < 1.29 is 9.18 Å². The minimum atomic E-state index is -0.364. The summed E-state index contributed by atoms with van der Waals surface area (Å²) in [4.78, 5) is 17.2. The van der Waals surface area contributed by atoms with Crippen molar-refractivity contribution in [2.45, 2.75) is 23.9 Å². The summed E-state index contributed by atoms with van der Waals surface area (Å²) in [5.74, 6) is -0.301. The van der Waals surface area contributed by atoms with Crippen molar-refractivity contribution in [2.75, 3.05) is 26.2 Å². The maximum atomic E-state index is 13.5. The second-order valence-electron chi connectivity index (χ2n) is 7.20. The zero-order valence-corrected chi connectivity index (χ0v) is 17.5. The Morgan fingerprint density at radius 2 is 1.87 bits per heavy atom. The Balaban J connectivity index is 1.34. The van der Waals surface area contributed by atoms with Crippen molar-refractivity contribution in [2.24, 2.45) is 0 Å². The van der Waals surface area contributed by atoms with Crippen molar-refractivity contribution >= 4 is 17.7 Å². The molecule has 0 radical (unpaired) electrons. The monoisotopic (exact) mass is 426 g/mol. The van der Waals surface area contributed by atoms with Crippen LogP contribution in [-0.4, -0.2) is 67.3 Å². The largest absolute Gasteiger partial charge is 0.339 e. The fourth-order valence-electron chi connectivity index (χ4n) is 3.46. The van der Waals surface area contributed by atoms with Crippen LogP contribution >= 0.6 is 11.8 Å². The Kier molecular flexibility index (Phi) is 6.39.